The summed E-state index contributed by atoms with van der Waals surface area (Å²) < 4.78 is 2.01. The van der Waals surface area contributed by atoms with Crippen LogP contribution in [-0.4, -0.2) is 20.6 Å². The molecule has 0 spiro atoms. The van der Waals surface area contributed by atoms with Crippen molar-refractivity contribution in [3.63, 3.8) is 0 Å². The van der Waals surface area contributed by atoms with Crippen LogP contribution in [0.4, 0.5) is 0 Å². The lowest BCUT2D eigenvalue weighted by Crippen LogP contribution is -2.24. The van der Waals surface area contributed by atoms with Crippen LogP contribution in [-0.2, 0) is 17.8 Å². The molecule has 0 aliphatic carbocycles. The van der Waals surface area contributed by atoms with Crippen molar-refractivity contribution in [1.82, 2.24) is 9.55 Å². The number of imidazole rings is 1. The average molecular weight is 166 g/mol. The number of nitrogens with zero attached hydrogens (tertiary/aromatic N) is 2. The molecule has 0 radical (unpaired) electrons. The number of fused-ring (bicyclic) bond motifs is 1. The number of carbonyl (C=O) groups is 1. The van der Waals surface area contributed by atoms with E-state index in [1.807, 2.05) is 4.57 Å². The van der Waals surface area contributed by atoms with Crippen molar-refractivity contribution < 1.29 is 9.90 Å². The molecule has 1 aliphatic heterocycles. The Labute approximate surface area is 69.8 Å². The molecule has 2 rings (SSSR count). The maximum Gasteiger partial charge on any atom is 0.306 e. The molecule has 1 aromatic heterocycles. The van der Waals surface area contributed by atoms with Crippen LogP contribution in [0.1, 0.15) is 12.1 Å². The molecular formula is C8H10N2O2. The fourth-order valence-electron chi connectivity index (χ4n) is 1.58. The van der Waals surface area contributed by atoms with Gasteiger partial charge in [-0.05, 0) is 6.42 Å². The van der Waals surface area contributed by atoms with Gasteiger partial charge in [-0.3, -0.25) is 4.79 Å². The van der Waals surface area contributed by atoms with Crippen LogP contribution in [0, 0.1) is 5.92 Å². The average Bonchev–Trinajstić information content (AvgIpc) is 2.49. The first-order chi connectivity index (χ1) is 5.77. The lowest BCUT2D eigenvalue weighted by molar-refractivity contribution is -0.142. The molecule has 0 amide bonds. The number of carboxylic acid groups (broad SMARTS) is 1. The summed E-state index contributed by atoms with van der Waals surface area (Å²) in [7, 11) is 0. The lowest BCUT2D eigenvalue weighted by Gasteiger charge is -2.19. The molecule has 1 aromatic rings. The normalized spacial score (nSPS) is 21.8. The van der Waals surface area contributed by atoms with E-state index in [9.17, 15) is 4.79 Å². The smallest absolute Gasteiger partial charge is 0.306 e. The molecule has 1 atom stereocenters. The van der Waals surface area contributed by atoms with Crippen LogP contribution in [0.25, 0.3) is 0 Å². The lowest BCUT2D eigenvalue weighted by atomic mass is 9.97. The first-order valence-corrected chi connectivity index (χ1v) is 3.99. The molecule has 0 saturated carbocycles. The van der Waals surface area contributed by atoms with Gasteiger partial charge in [0.05, 0.1) is 12.2 Å². The highest BCUT2D eigenvalue weighted by Crippen LogP contribution is 2.19. The summed E-state index contributed by atoms with van der Waals surface area (Å²) in [5, 5.41) is 8.77. The van der Waals surface area contributed by atoms with E-state index < -0.39 is 5.97 Å². The third-order valence-electron chi connectivity index (χ3n) is 2.32. The van der Waals surface area contributed by atoms with Crippen LogP contribution in [0.2, 0.25) is 0 Å². The van der Waals surface area contributed by atoms with E-state index in [0.29, 0.717) is 6.42 Å². The molecule has 1 N–H and O–H groups in total. The van der Waals surface area contributed by atoms with Gasteiger partial charge < -0.3 is 9.67 Å². The van der Waals surface area contributed by atoms with Crippen molar-refractivity contribution >= 4 is 5.97 Å². The fourth-order valence-corrected chi connectivity index (χ4v) is 1.58. The van der Waals surface area contributed by atoms with Gasteiger partial charge in [-0.15, -0.1) is 0 Å². The van der Waals surface area contributed by atoms with Gasteiger partial charge in [0.2, 0.25) is 0 Å². The molecule has 64 valence electrons. The van der Waals surface area contributed by atoms with Crippen molar-refractivity contribution in [2.75, 3.05) is 0 Å². The minimum atomic E-state index is -0.692. The molecule has 0 unspecified atom stereocenters. The molecule has 0 aromatic carbocycles. The van der Waals surface area contributed by atoms with Crippen molar-refractivity contribution in [1.29, 1.82) is 0 Å². The van der Waals surface area contributed by atoms with Crippen LogP contribution in [0.3, 0.4) is 0 Å². The van der Waals surface area contributed by atoms with Gasteiger partial charge in [-0.2, -0.15) is 0 Å². The van der Waals surface area contributed by atoms with Gasteiger partial charge in [-0.25, -0.2) is 4.98 Å². The van der Waals surface area contributed by atoms with Gasteiger partial charge in [0, 0.05) is 24.9 Å². The van der Waals surface area contributed by atoms with E-state index in [-0.39, 0.29) is 5.92 Å². The number of carboxylic acids is 1. The van der Waals surface area contributed by atoms with Crippen LogP contribution in [0.15, 0.2) is 12.5 Å². The maximum atomic E-state index is 10.7. The first-order valence-electron chi connectivity index (χ1n) is 3.99. The van der Waals surface area contributed by atoms with Gasteiger partial charge in [-0.1, -0.05) is 0 Å². The number of rotatable bonds is 1. The zero-order valence-corrected chi connectivity index (χ0v) is 6.60. The Morgan fingerprint density at radius 3 is 3.33 bits per heavy atom. The minimum Gasteiger partial charge on any atom is -0.481 e. The Morgan fingerprint density at radius 1 is 1.75 bits per heavy atom. The summed E-state index contributed by atoms with van der Waals surface area (Å²) >= 11 is 0. The number of aliphatic carboxylic acids is 1. The van der Waals surface area contributed by atoms with Gasteiger partial charge in [0.25, 0.3) is 0 Å². The monoisotopic (exact) mass is 166 g/mol. The van der Waals surface area contributed by atoms with Crippen LogP contribution in [0.5, 0.6) is 0 Å². The second-order valence-corrected chi connectivity index (χ2v) is 3.11. The highest BCUT2D eigenvalue weighted by Gasteiger charge is 2.23. The maximum absolute atomic E-state index is 10.7. The number of hydrogen-bond donors (Lipinski definition) is 1. The highest BCUT2D eigenvalue weighted by atomic mass is 16.4. The van der Waals surface area contributed by atoms with Crippen LogP contribution < -0.4 is 0 Å². The van der Waals surface area contributed by atoms with E-state index in [0.717, 1.165) is 18.7 Å². The minimum absolute atomic E-state index is 0.214. The van der Waals surface area contributed by atoms with Gasteiger partial charge in [0.15, 0.2) is 0 Å². The number of hydrogen-bond acceptors (Lipinski definition) is 2. The van der Waals surface area contributed by atoms with Crippen molar-refractivity contribution in [3.8, 4) is 0 Å². The Morgan fingerprint density at radius 2 is 2.58 bits per heavy atom. The Balaban J connectivity index is 2.20. The van der Waals surface area contributed by atoms with E-state index in [1.165, 1.54) is 0 Å². The summed E-state index contributed by atoms with van der Waals surface area (Å²) in [6, 6.07) is 0. The molecule has 4 nitrogen and oxygen atoms in total. The topological polar surface area (TPSA) is 55.1 Å². The molecule has 0 fully saturated rings. The molecule has 12 heavy (non-hydrogen) atoms. The van der Waals surface area contributed by atoms with E-state index >= 15 is 0 Å². The quantitative estimate of drug-likeness (QED) is 0.662. The Bertz CT molecular complexity index is 306. The highest BCUT2D eigenvalue weighted by molar-refractivity contribution is 5.70. The van der Waals surface area contributed by atoms with E-state index in [4.69, 9.17) is 5.11 Å². The SMILES string of the molecule is O=C(O)[C@@H]1CCn2cncc2C1. The summed E-state index contributed by atoms with van der Waals surface area (Å²) in [6.45, 7) is 0.784. The summed E-state index contributed by atoms with van der Waals surface area (Å²) in [5.74, 6) is -0.906. The van der Waals surface area contributed by atoms with Crippen molar-refractivity contribution in [2.45, 2.75) is 19.4 Å². The summed E-state index contributed by atoms with van der Waals surface area (Å²) in [5.41, 5.74) is 1.04. The second-order valence-electron chi connectivity index (χ2n) is 3.11. The molecule has 0 saturated heterocycles. The third-order valence-corrected chi connectivity index (χ3v) is 2.32. The third kappa shape index (κ3) is 1.09. The standard InChI is InChI=1S/C8H10N2O2/c11-8(12)6-1-2-10-5-9-4-7(10)3-6/h4-6H,1-3H2,(H,11,12)/t6-/m1/s1. The van der Waals surface area contributed by atoms with Gasteiger partial charge in [0.1, 0.15) is 0 Å². The molecule has 1 aliphatic rings. The van der Waals surface area contributed by atoms with Gasteiger partial charge >= 0.3 is 5.97 Å². The molecule has 2 heterocycles. The zero-order valence-electron chi connectivity index (χ0n) is 6.60. The van der Waals surface area contributed by atoms with Crippen LogP contribution >= 0.6 is 0 Å². The first kappa shape index (κ1) is 7.34. The fraction of sp³-hybridized carbons (Fsp3) is 0.500. The van der Waals surface area contributed by atoms with Crippen molar-refractivity contribution in [3.05, 3.63) is 18.2 Å². The zero-order chi connectivity index (χ0) is 8.55. The molecular weight excluding hydrogens is 156 g/mol. The predicted molar refractivity (Wildman–Crippen MR) is 41.7 cm³/mol. The van der Waals surface area contributed by atoms with Crippen molar-refractivity contribution in [2.24, 2.45) is 5.92 Å². The molecule has 0 bridgehead atoms. The second kappa shape index (κ2) is 2.62. The largest absolute Gasteiger partial charge is 0.481 e. The Hall–Kier alpha value is -1.32. The number of aromatic nitrogens is 2. The summed E-state index contributed by atoms with van der Waals surface area (Å²) in [6.07, 6.45) is 4.84. The molecule has 4 heteroatoms. The Kier molecular flexibility index (Phi) is 1.60. The van der Waals surface area contributed by atoms with E-state index in [1.54, 1.807) is 12.5 Å². The number of aryl methyl sites for hydroxylation is 1. The summed E-state index contributed by atoms with van der Waals surface area (Å²) in [4.78, 5) is 14.6. The predicted octanol–water partition coefficient (Wildman–Crippen LogP) is 0.530. The van der Waals surface area contributed by atoms with E-state index in [2.05, 4.69) is 4.98 Å².